The van der Waals surface area contributed by atoms with E-state index in [4.69, 9.17) is 15.7 Å². The lowest BCUT2D eigenvalue weighted by Crippen LogP contribution is -2.50. The maximum absolute atomic E-state index is 11.9. The summed E-state index contributed by atoms with van der Waals surface area (Å²) in [6.45, 7) is 4.46. The van der Waals surface area contributed by atoms with Crippen molar-refractivity contribution in [2.45, 2.75) is 45.3 Å². The van der Waals surface area contributed by atoms with Crippen LogP contribution in [0.5, 0.6) is 0 Å². The van der Waals surface area contributed by atoms with E-state index < -0.39 is 42.0 Å². The van der Waals surface area contributed by atoms with E-state index in [0.29, 0.717) is 0 Å². The van der Waals surface area contributed by atoms with Crippen LogP contribution in [-0.4, -0.2) is 47.2 Å². The van der Waals surface area contributed by atoms with Crippen molar-refractivity contribution < 1.29 is 29.1 Å². The number of rotatable bonds is 7. The molecule has 0 saturated carbocycles. The Bertz CT molecular complexity index is 432. The fourth-order valence-corrected chi connectivity index (χ4v) is 1.34. The average molecular weight is 318 g/mol. The summed E-state index contributed by atoms with van der Waals surface area (Å²) in [7, 11) is 0. The van der Waals surface area contributed by atoms with E-state index >= 15 is 0 Å². The zero-order chi connectivity index (χ0) is 17.3. The number of carbonyl (C=O) groups excluding carboxylic acids is 4. The molecule has 126 valence electrons. The predicted octanol–water partition coefficient (Wildman–Crippen LogP) is -1.23. The second-order valence-corrected chi connectivity index (χ2v) is 5.46. The molecule has 1 atom stereocenters. The number of primary amides is 1. The summed E-state index contributed by atoms with van der Waals surface area (Å²) in [4.78, 5) is 45.2. The average Bonchev–Trinajstić information content (AvgIpc) is 2.37. The van der Waals surface area contributed by atoms with Gasteiger partial charge in [-0.15, -0.1) is 0 Å². The van der Waals surface area contributed by atoms with Crippen LogP contribution in [0.2, 0.25) is 0 Å². The van der Waals surface area contributed by atoms with Crippen molar-refractivity contribution in [3.63, 3.8) is 0 Å². The molecule has 6 N–H and O–H groups in total. The zero-order valence-electron chi connectivity index (χ0n) is 12.8. The topological polar surface area (TPSA) is 160 Å². The van der Waals surface area contributed by atoms with Crippen molar-refractivity contribution in [2.24, 2.45) is 5.73 Å². The number of carbonyl (C=O) groups is 4. The van der Waals surface area contributed by atoms with E-state index in [9.17, 15) is 19.2 Å². The molecule has 0 unspecified atom stereocenters. The van der Waals surface area contributed by atoms with Crippen molar-refractivity contribution in [1.82, 2.24) is 16.1 Å². The van der Waals surface area contributed by atoms with Crippen molar-refractivity contribution >= 4 is 23.8 Å². The summed E-state index contributed by atoms with van der Waals surface area (Å²) >= 11 is 0. The van der Waals surface area contributed by atoms with E-state index in [-0.39, 0.29) is 12.8 Å². The summed E-state index contributed by atoms with van der Waals surface area (Å²) in [6, 6.07) is -1.10. The Morgan fingerprint density at radius 2 is 1.82 bits per heavy atom. The van der Waals surface area contributed by atoms with Gasteiger partial charge in [0, 0.05) is 6.42 Å². The highest BCUT2D eigenvalue weighted by Crippen LogP contribution is 2.07. The highest BCUT2D eigenvalue weighted by atomic mass is 16.6. The second kappa shape index (κ2) is 8.82. The van der Waals surface area contributed by atoms with Crippen molar-refractivity contribution in [3.8, 4) is 0 Å². The van der Waals surface area contributed by atoms with E-state index in [0.717, 1.165) is 0 Å². The first-order valence-electron chi connectivity index (χ1n) is 6.53. The maximum Gasteiger partial charge on any atom is 0.408 e. The van der Waals surface area contributed by atoms with E-state index in [2.05, 4.69) is 10.6 Å². The standard InChI is InChI=1S/C12H22N4O6/c1-12(2,3)22-11(20)15-7(4-5-8(13)17)10(19)14-6-9(18)16-21/h7,21H,4-6H2,1-3H3,(H2,13,17)(H,14,19)(H,15,20)(H,16,18)/t7-/m0/s1. The Morgan fingerprint density at radius 1 is 1.23 bits per heavy atom. The third-order valence-corrected chi connectivity index (χ3v) is 2.23. The summed E-state index contributed by atoms with van der Waals surface area (Å²) in [5.41, 5.74) is 5.59. The fourth-order valence-electron chi connectivity index (χ4n) is 1.34. The van der Waals surface area contributed by atoms with Crippen LogP contribution in [0.3, 0.4) is 0 Å². The number of nitrogens with two attached hydrogens (primary N) is 1. The molecule has 0 aromatic heterocycles. The molecule has 0 aliphatic heterocycles. The van der Waals surface area contributed by atoms with Crippen LogP contribution in [0.15, 0.2) is 0 Å². The van der Waals surface area contributed by atoms with Gasteiger partial charge in [-0.3, -0.25) is 19.6 Å². The van der Waals surface area contributed by atoms with Gasteiger partial charge in [0.15, 0.2) is 0 Å². The van der Waals surface area contributed by atoms with Gasteiger partial charge < -0.3 is 21.1 Å². The van der Waals surface area contributed by atoms with Crippen LogP contribution in [0.4, 0.5) is 4.79 Å². The normalized spacial score (nSPS) is 12.0. The maximum atomic E-state index is 11.9. The number of nitrogens with one attached hydrogen (secondary N) is 3. The number of hydroxylamine groups is 1. The molecular formula is C12H22N4O6. The van der Waals surface area contributed by atoms with Crippen molar-refractivity contribution in [2.75, 3.05) is 6.54 Å². The molecule has 0 saturated heterocycles. The van der Waals surface area contributed by atoms with Gasteiger partial charge in [0.05, 0.1) is 6.54 Å². The van der Waals surface area contributed by atoms with Crippen LogP contribution in [0.25, 0.3) is 0 Å². The molecule has 4 amide bonds. The van der Waals surface area contributed by atoms with Gasteiger partial charge in [-0.05, 0) is 27.2 Å². The lowest BCUT2D eigenvalue weighted by Gasteiger charge is -2.23. The Morgan fingerprint density at radius 3 is 2.27 bits per heavy atom. The molecule has 0 aliphatic rings. The zero-order valence-corrected chi connectivity index (χ0v) is 12.8. The molecule has 0 aliphatic carbocycles. The van der Waals surface area contributed by atoms with Crippen LogP contribution in [-0.2, 0) is 19.1 Å². The second-order valence-electron chi connectivity index (χ2n) is 5.46. The Balaban J connectivity index is 4.66. The lowest BCUT2D eigenvalue weighted by atomic mass is 10.1. The molecular weight excluding hydrogens is 296 g/mol. The van der Waals surface area contributed by atoms with E-state index in [1.165, 1.54) is 5.48 Å². The van der Waals surface area contributed by atoms with Crippen LogP contribution >= 0.6 is 0 Å². The van der Waals surface area contributed by atoms with Crippen LogP contribution < -0.4 is 21.8 Å². The largest absolute Gasteiger partial charge is 0.444 e. The van der Waals surface area contributed by atoms with Crippen LogP contribution in [0.1, 0.15) is 33.6 Å². The first-order chi connectivity index (χ1) is 10.0. The molecule has 0 heterocycles. The smallest absolute Gasteiger partial charge is 0.408 e. The third-order valence-electron chi connectivity index (χ3n) is 2.23. The van der Waals surface area contributed by atoms with Gasteiger partial charge in [-0.25, -0.2) is 10.3 Å². The molecule has 0 rings (SSSR count). The number of ether oxygens (including phenoxy) is 1. The molecule has 0 aromatic rings. The molecule has 0 spiro atoms. The SMILES string of the molecule is CC(C)(C)OC(=O)N[C@@H](CCC(N)=O)C(=O)NCC(=O)NO. The highest BCUT2D eigenvalue weighted by Gasteiger charge is 2.24. The molecule has 0 radical (unpaired) electrons. The first kappa shape index (κ1) is 19.6. The van der Waals surface area contributed by atoms with Crippen molar-refractivity contribution in [1.29, 1.82) is 0 Å². The minimum Gasteiger partial charge on any atom is -0.444 e. The molecule has 0 aromatic carbocycles. The highest BCUT2D eigenvalue weighted by molar-refractivity contribution is 5.89. The summed E-state index contributed by atoms with van der Waals surface area (Å²) in [6.07, 6.45) is -1.04. The molecule has 0 fully saturated rings. The number of amides is 4. The third kappa shape index (κ3) is 9.53. The molecule has 10 heteroatoms. The van der Waals surface area contributed by atoms with Gasteiger partial charge in [0.2, 0.25) is 11.8 Å². The monoisotopic (exact) mass is 318 g/mol. The quantitative estimate of drug-likeness (QED) is 0.292. The Kier molecular flexibility index (Phi) is 7.88. The lowest BCUT2D eigenvalue weighted by molar-refractivity contribution is -0.132. The number of hydrogen-bond donors (Lipinski definition) is 5. The van der Waals surface area contributed by atoms with Gasteiger partial charge in [0.25, 0.3) is 5.91 Å². The van der Waals surface area contributed by atoms with Crippen LogP contribution in [0, 0.1) is 0 Å². The molecule has 10 nitrogen and oxygen atoms in total. The van der Waals surface area contributed by atoms with Gasteiger partial charge in [-0.2, -0.15) is 0 Å². The summed E-state index contributed by atoms with van der Waals surface area (Å²) in [5.74, 6) is -2.19. The van der Waals surface area contributed by atoms with E-state index in [1.54, 1.807) is 20.8 Å². The Labute approximate surface area is 127 Å². The van der Waals surface area contributed by atoms with Gasteiger partial charge in [-0.1, -0.05) is 0 Å². The van der Waals surface area contributed by atoms with Crippen molar-refractivity contribution in [3.05, 3.63) is 0 Å². The molecule has 0 bridgehead atoms. The minimum atomic E-state index is -1.10. The predicted molar refractivity (Wildman–Crippen MR) is 74.5 cm³/mol. The minimum absolute atomic E-state index is 0.0544. The first-order valence-corrected chi connectivity index (χ1v) is 6.53. The number of hydrogen-bond acceptors (Lipinski definition) is 6. The van der Waals surface area contributed by atoms with Gasteiger partial charge >= 0.3 is 6.09 Å². The summed E-state index contributed by atoms with van der Waals surface area (Å²) in [5, 5.41) is 12.8. The number of alkyl carbamates (subject to hydrolysis) is 1. The molecule has 22 heavy (non-hydrogen) atoms. The van der Waals surface area contributed by atoms with Gasteiger partial charge in [0.1, 0.15) is 11.6 Å². The Hall–Kier alpha value is -2.36. The fraction of sp³-hybridized carbons (Fsp3) is 0.667. The van der Waals surface area contributed by atoms with E-state index in [1.807, 2.05) is 0 Å². The summed E-state index contributed by atoms with van der Waals surface area (Å²) < 4.78 is 5.01.